The fraction of sp³-hybridized carbons (Fsp3) is 0.600. The van der Waals surface area contributed by atoms with Gasteiger partial charge in [-0.1, -0.05) is 26.7 Å². The van der Waals surface area contributed by atoms with Crippen molar-refractivity contribution in [2.45, 2.75) is 46.5 Å². The van der Waals surface area contributed by atoms with E-state index in [2.05, 4.69) is 41.7 Å². The van der Waals surface area contributed by atoms with Crippen molar-refractivity contribution in [3.63, 3.8) is 0 Å². The number of nitrogens with two attached hydrogens (primary N) is 1. The summed E-state index contributed by atoms with van der Waals surface area (Å²) in [5.41, 5.74) is 5.89. The Balaban J connectivity index is 2.39. The van der Waals surface area contributed by atoms with Crippen LogP contribution in [0.25, 0.3) is 10.2 Å². The van der Waals surface area contributed by atoms with Gasteiger partial charge in [0.05, 0.1) is 5.39 Å². The van der Waals surface area contributed by atoms with Gasteiger partial charge in [-0.05, 0) is 25.8 Å². The van der Waals surface area contributed by atoms with E-state index in [0.29, 0.717) is 5.95 Å². The van der Waals surface area contributed by atoms with Crippen LogP contribution in [0.2, 0.25) is 0 Å². The predicted octanol–water partition coefficient (Wildman–Crippen LogP) is 3.99. The van der Waals surface area contributed by atoms with E-state index < -0.39 is 0 Å². The fourth-order valence-corrected chi connectivity index (χ4v) is 3.19. The molecule has 20 heavy (non-hydrogen) atoms. The molecule has 110 valence electrons. The van der Waals surface area contributed by atoms with Gasteiger partial charge >= 0.3 is 0 Å². The van der Waals surface area contributed by atoms with Crippen LogP contribution in [0.4, 0.5) is 11.8 Å². The van der Waals surface area contributed by atoms with Gasteiger partial charge in [0, 0.05) is 18.0 Å². The molecule has 0 aliphatic rings. The van der Waals surface area contributed by atoms with Gasteiger partial charge in [0.15, 0.2) is 0 Å². The highest BCUT2D eigenvalue weighted by Gasteiger charge is 2.15. The molecule has 4 nitrogen and oxygen atoms in total. The molecule has 0 atom stereocenters. The van der Waals surface area contributed by atoms with Gasteiger partial charge < -0.3 is 10.6 Å². The first-order valence-electron chi connectivity index (χ1n) is 7.44. The molecule has 2 rings (SSSR count). The summed E-state index contributed by atoms with van der Waals surface area (Å²) in [6.07, 6.45) is 4.74. The largest absolute Gasteiger partial charge is 0.368 e. The molecule has 0 saturated carbocycles. The van der Waals surface area contributed by atoms with Crippen molar-refractivity contribution in [3.05, 3.63) is 10.9 Å². The van der Waals surface area contributed by atoms with Gasteiger partial charge in [-0.2, -0.15) is 4.98 Å². The van der Waals surface area contributed by atoms with E-state index in [-0.39, 0.29) is 0 Å². The third kappa shape index (κ3) is 3.39. The molecule has 2 aromatic rings. The number of nitrogen functional groups attached to an aromatic ring is 1. The molecule has 0 unspecified atom stereocenters. The summed E-state index contributed by atoms with van der Waals surface area (Å²) in [4.78, 5) is 13.5. The maximum absolute atomic E-state index is 5.89. The highest BCUT2D eigenvalue weighted by Crippen LogP contribution is 2.31. The summed E-state index contributed by atoms with van der Waals surface area (Å²) in [6, 6.07) is 2.18. The summed E-state index contributed by atoms with van der Waals surface area (Å²) in [5, 5.41) is 1.15. The van der Waals surface area contributed by atoms with Crippen molar-refractivity contribution < 1.29 is 0 Å². The van der Waals surface area contributed by atoms with E-state index >= 15 is 0 Å². The van der Waals surface area contributed by atoms with Gasteiger partial charge in [-0.3, -0.25) is 0 Å². The molecule has 0 aromatic carbocycles. The Morgan fingerprint density at radius 3 is 2.40 bits per heavy atom. The van der Waals surface area contributed by atoms with Crippen LogP contribution in [-0.2, 0) is 0 Å². The molecule has 2 N–H and O–H groups in total. The highest BCUT2D eigenvalue weighted by atomic mass is 32.1. The zero-order valence-corrected chi connectivity index (χ0v) is 13.5. The van der Waals surface area contributed by atoms with Crippen LogP contribution in [0, 0.1) is 6.92 Å². The Bertz CT molecular complexity index is 556. The zero-order valence-electron chi connectivity index (χ0n) is 12.6. The quantitative estimate of drug-likeness (QED) is 0.838. The second-order valence-electron chi connectivity index (χ2n) is 5.18. The lowest BCUT2D eigenvalue weighted by molar-refractivity contribution is 0.673. The normalized spacial score (nSPS) is 11.2. The number of aryl methyl sites for hydroxylation is 1. The molecule has 2 heterocycles. The van der Waals surface area contributed by atoms with Crippen LogP contribution in [0.15, 0.2) is 6.07 Å². The number of hydrogen-bond acceptors (Lipinski definition) is 5. The van der Waals surface area contributed by atoms with E-state index in [1.54, 1.807) is 11.3 Å². The maximum Gasteiger partial charge on any atom is 0.223 e. The van der Waals surface area contributed by atoms with Crippen molar-refractivity contribution >= 4 is 33.3 Å². The van der Waals surface area contributed by atoms with E-state index in [1.807, 2.05) is 0 Å². The van der Waals surface area contributed by atoms with Crippen molar-refractivity contribution in [2.75, 3.05) is 23.7 Å². The number of fused-ring (bicyclic) bond motifs is 1. The van der Waals surface area contributed by atoms with Crippen LogP contribution in [-0.4, -0.2) is 23.1 Å². The predicted molar refractivity (Wildman–Crippen MR) is 88.6 cm³/mol. The molecule has 0 bridgehead atoms. The first-order valence-corrected chi connectivity index (χ1v) is 8.26. The van der Waals surface area contributed by atoms with E-state index in [1.165, 1.54) is 30.6 Å². The molecule has 0 amide bonds. The fourth-order valence-electron chi connectivity index (χ4n) is 2.31. The number of unbranched alkanes of at least 4 members (excludes halogenated alkanes) is 2. The summed E-state index contributed by atoms with van der Waals surface area (Å²) >= 11 is 1.69. The Morgan fingerprint density at radius 1 is 1.15 bits per heavy atom. The number of hydrogen-bond donors (Lipinski definition) is 1. The molecule has 2 aromatic heterocycles. The number of rotatable bonds is 7. The number of anilines is 2. The highest BCUT2D eigenvalue weighted by molar-refractivity contribution is 7.18. The number of thiophene rings is 1. The molecular formula is C15H24N4S. The lowest BCUT2D eigenvalue weighted by Gasteiger charge is -2.24. The van der Waals surface area contributed by atoms with E-state index in [0.717, 1.165) is 29.1 Å². The second-order valence-corrected chi connectivity index (χ2v) is 6.41. The Kier molecular flexibility index (Phi) is 5.17. The van der Waals surface area contributed by atoms with Crippen LogP contribution in [0.5, 0.6) is 0 Å². The van der Waals surface area contributed by atoms with E-state index in [4.69, 9.17) is 5.73 Å². The maximum atomic E-state index is 5.89. The lowest BCUT2D eigenvalue weighted by Crippen LogP contribution is -2.27. The van der Waals surface area contributed by atoms with Crippen LogP contribution in [0.1, 0.15) is 44.4 Å². The van der Waals surface area contributed by atoms with Crippen molar-refractivity contribution in [1.82, 2.24) is 9.97 Å². The average molecular weight is 292 g/mol. The second kappa shape index (κ2) is 6.88. The topological polar surface area (TPSA) is 55.0 Å². The Morgan fingerprint density at radius 2 is 1.80 bits per heavy atom. The minimum Gasteiger partial charge on any atom is -0.368 e. The summed E-state index contributed by atoms with van der Waals surface area (Å²) in [6.45, 7) is 8.62. The standard InChI is InChI=1S/C15H24N4S/c1-4-6-8-19(9-7-5-2)13-12-10-11(3)20-14(12)18-15(16)17-13/h10H,4-9H2,1-3H3,(H2,16,17,18). The zero-order chi connectivity index (χ0) is 14.5. The van der Waals surface area contributed by atoms with Crippen LogP contribution >= 0.6 is 11.3 Å². The Labute approximate surface area is 125 Å². The van der Waals surface area contributed by atoms with Crippen molar-refractivity contribution in [1.29, 1.82) is 0 Å². The molecule has 0 saturated heterocycles. The molecule has 0 aliphatic carbocycles. The Hall–Kier alpha value is -1.36. The summed E-state index contributed by atoms with van der Waals surface area (Å²) in [5.74, 6) is 1.39. The minimum atomic E-state index is 0.382. The molecule has 5 heteroatoms. The SMILES string of the molecule is CCCCN(CCCC)c1nc(N)nc2sc(C)cc12. The molecule has 0 spiro atoms. The molecular weight excluding hydrogens is 268 g/mol. The smallest absolute Gasteiger partial charge is 0.223 e. The molecule has 0 fully saturated rings. The minimum absolute atomic E-state index is 0.382. The van der Waals surface area contributed by atoms with Crippen LogP contribution in [0.3, 0.4) is 0 Å². The van der Waals surface area contributed by atoms with Gasteiger partial charge in [-0.25, -0.2) is 4.98 Å². The van der Waals surface area contributed by atoms with Gasteiger partial charge in [-0.15, -0.1) is 11.3 Å². The average Bonchev–Trinajstić information content (AvgIpc) is 2.78. The number of nitrogens with zero attached hydrogens (tertiary/aromatic N) is 3. The monoisotopic (exact) mass is 292 g/mol. The van der Waals surface area contributed by atoms with E-state index in [9.17, 15) is 0 Å². The van der Waals surface area contributed by atoms with Crippen molar-refractivity contribution in [3.8, 4) is 0 Å². The van der Waals surface area contributed by atoms with Crippen LogP contribution < -0.4 is 10.6 Å². The number of aromatic nitrogens is 2. The van der Waals surface area contributed by atoms with Gasteiger partial charge in [0.25, 0.3) is 0 Å². The van der Waals surface area contributed by atoms with Gasteiger partial charge in [0.2, 0.25) is 5.95 Å². The summed E-state index contributed by atoms with van der Waals surface area (Å²) in [7, 11) is 0. The first-order chi connectivity index (χ1) is 9.65. The van der Waals surface area contributed by atoms with Gasteiger partial charge in [0.1, 0.15) is 10.6 Å². The molecule has 0 radical (unpaired) electrons. The third-order valence-electron chi connectivity index (χ3n) is 3.38. The molecule has 0 aliphatic heterocycles. The van der Waals surface area contributed by atoms with Crippen molar-refractivity contribution in [2.24, 2.45) is 0 Å². The lowest BCUT2D eigenvalue weighted by atomic mass is 10.2. The first kappa shape index (κ1) is 15.0. The third-order valence-corrected chi connectivity index (χ3v) is 4.32. The summed E-state index contributed by atoms with van der Waals surface area (Å²) < 4.78 is 0.